The largest absolute Gasteiger partial charge is 0.497 e. The van der Waals surface area contributed by atoms with Crippen LogP contribution in [0.4, 0.5) is 0 Å². The summed E-state index contributed by atoms with van der Waals surface area (Å²) in [6.07, 6.45) is -0.377. The van der Waals surface area contributed by atoms with Gasteiger partial charge in [0.05, 0.1) is 32.5 Å². The van der Waals surface area contributed by atoms with E-state index in [0.717, 1.165) is 12.3 Å². The van der Waals surface area contributed by atoms with Crippen LogP contribution in [0.25, 0.3) is 0 Å². The molecule has 1 heterocycles. The van der Waals surface area contributed by atoms with E-state index in [1.54, 1.807) is 7.11 Å². The molecule has 0 radical (unpaired) electrons. The van der Waals surface area contributed by atoms with Crippen molar-refractivity contribution in [3.05, 3.63) is 29.8 Å². The molecule has 0 aromatic heterocycles. The van der Waals surface area contributed by atoms with Crippen molar-refractivity contribution in [2.24, 2.45) is 0 Å². The molecule has 2 atom stereocenters. The number of benzene rings is 1. The molecule has 4 heteroatoms. The van der Waals surface area contributed by atoms with Gasteiger partial charge in [0.25, 0.3) is 0 Å². The third-order valence-electron chi connectivity index (χ3n) is 3.18. The first-order valence-corrected chi connectivity index (χ1v) is 5.79. The molecule has 1 aliphatic heterocycles. The minimum Gasteiger partial charge on any atom is -0.497 e. The molecule has 0 saturated carbocycles. The SMILES string of the molecule is COc1ccc(CN(C)[C@H]2COC[C@@H]2O)cc1. The van der Waals surface area contributed by atoms with Crippen LogP contribution < -0.4 is 4.74 Å². The third-order valence-corrected chi connectivity index (χ3v) is 3.18. The summed E-state index contributed by atoms with van der Waals surface area (Å²) >= 11 is 0. The van der Waals surface area contributed by atoms with E-state index < -0.39 is 0 Å². The first kappa shape index (κ1) is 12.4. The molecule has 0 amide bonds. The Bertz CT molecular complexity index is 352. The van der Waals surface area contributed by atoms with Crippen LogP contribution in [0.3, 0.4) is 0 Å². The van der Waals surface area contributed by atoms with Gasteiger partial charge >= 0.3 is 0 Å². The zero-order valence-corrected chi connectivity index (χ0v) is 10.3. The molecule has 4 nitrogen and oxygen atoms in total. The molecule has 2 rings (SSSR count). The quantitative estimate of drug-likeness (QED) is 0.844. The van der Waals surface area contributed by atoms with Gasteiger partial charge in [0.1, 0.15) is 5.75 Å². The second-order valence-electron chi connectivity index (χ2n) is 4.44. The van der Waals surface area contributed by atoms with Crippen LogP contribution >= 0.6 is 0 Å². The second kappa shape index (κ2) is 5.49. The van der Waals surface area contributed by atoms with Gasteiger partial charge in [-0.05, 0) is 24.7 Å². The summed E-state index contributed by atoms with van der Waals surface area (Å²) in [5.41, 5.74) is 1.20. The van der Waals surface area contributed by atoms with Crippen molar-refractivity contribution < 1.29 is 14.6 Å². The van der Waals surface area contributed by atoms with E-state index in [4.69, 9.17) is 9.47 Å². The van der Waals surface area contributed by atoms with E-state index in [1.807, 2.05) is 31.3 Å². The molecule has 1 fully saturated rings. The third kappa shape index (κ3) is 2.97. The number of ether oxygens (including phenoxy) is 2. The number of methoxy groups -OCH3 is 1. The molecule has 0 bridgehead atoms. The fourth-order valence-corrected chi connectivity index (χ4v) is 2.09. The molecule has 0 unspecified atom stereocenters. The Morgan fingerprint density at radius 1 is 1.35 bits per heavy atom. The van der Waals surface area contributed by atoms with E-state index in [-0.39, 0.29) is 12.1 Å². The lowest BCUT2D eigenvalue weighted by atomic mass is 10.1. The van der Waals surface area contributed by atoms with E-state index >= 15 is 0 Å². The van der Waals surface area contributed by atoms with Gasteiger partial charge in [-0.2, -0.15) is 0 Å². The zero-order valence-electron chi connectivity index (χ0n) is 10.3. The second-order valence-corrected chi connectivity index (χ2v) is 4.44. The minimum absolute atomic E-state index is 0.0945. The van der Waals surface area contributed by atoms with Crippen LogP contribution in [0.15, 0.2) is 24.3 Å². The average Bonchev–Trinajstić information content (AvgIpc) is 2.76. The maximum atomic E-state index is 9.73. The standard InChI is InChI=1S/C13H19NO3/c1-14(12-8-17-9-13(12)15)7-10-3-5-11(16-2)6-4-10/h3-6,12-13,15H,7-9H2,1-2H3/t12-,13-/m0/s1. The fourth-order valence-electron chi connectivity index (χ4n) is 2.09. The summed E-state index contributed by atoms with van der Waals surface area (Å²) < 4.78 is 10.4. The lowest BCUT2D eigenvalue weighted by Gasteiger charge is -2.25. The molecule has 1 aromatic rings. The Labute approximate surface area is 102 Å². The molecular weight excluding hydrogens is 218 g/mol. The normalized spacial score (nSPS) is 24.2. The highest BCUT2D eigenvalue weighted by molar-refractivity contribution is 5.27. The Balaban J connectivity index is 1.95. The highest BCUT2D eigenvalue weighted by Gasteiger charge is 2.29. The smallest absolute Gasteiger partial charge is 0.118 e. The van der Waals surface area contributed by atoms with Gasteiger partial charge in [-0.3, -0.25) is 4.90 Å². The van der Waals surface area contributed by atoms with Crippen LogP contribution in [0.2, 0.25) is 0 Å². The minimum atomic E-state index is -0.377. The van der Waals surface area contributed by atoms with Gasteiger partial charge in [-0.25, -0.2) is 0 Å². The average molecular weight is 237 g/mol. The predicted molar refractivity (Wildman–Crippen MR) is 65.1 cm³/mol. The van der Waals surface area contributed by atoms with Gasteiger partial charge in [-0.15, -0.1) is 0 Å². The molecule has 1 saturated heterocycles. The summed E-state index contributed by atoms with van der Waals surface area (Å²) in [7, 11) is 3.67. The number of hydrogen-bond acceptors (Lipinski definition) is 4. The van der Waals surface area contributed by atoms with Gasteiger partial charge < -0.3 is 14.6 Å². The maximum absolute atomic E-state index is 9.73. The summed E-state index contributed by atoms with van der Waals surface area (Å²) in [6, 6.07) is 8.07. The fraction of sp³-hybridized carbons (Fsp3) is 0.538. The van der Waals surface area contributed by atoms with Crippen LogP contribution in [0.5, 0.6) is 5.75 Å². The van der Waals surface area contributed by atoms with Gasteiger partial charge in [0.15, 0.2) is 0 Å². The van der Waals surface area contributed by atoms with Crippen molar-refractivity contribution in [2.45, 2.75) is 18.7 Å². The van der Waals surface area contributed by atoms with Crippen molar-refractivity contribution in [2.75, 3.05) is 27.4 Å². The number of nitrogens with zero attached hydrogens (tertiary/aromatic N) is 1. The van der Waals surface area contributed by atoms with Crippen LogP contribution in [0.1, 0.15) is 5.56 Å². The molecule has 0 aliphatic carbocycles. The van der Waals surface area contributed by atoms with Crippen molar-refractivity contribution in [1.82, 2.24) is 4.90 Å². The Morgan fingerprint density at radius 3 is 2.59 bits per heavy atom. The van der Waals surface area contributed by atoms with E-state index in [2.05, 4.69) is 4.90 Å². The highest BCUT2D eigenvalue weighted by atomic mass is 16.5. The lowest BCUT2D eigenvalue weighted by molar-refractivity contribution is 0.0925. The van der Waals surface area contributed by atoms with E-state index in [1.165, 1.54) is 5.56 Å². The first-order valence-electron chi connectivity index (χ1n) is 5.79. The van der Waals surface area contributed by atoms with E-state index in [9.17, 15) is 5.11 Å². The number of likely N-dealkylation sites (N-methyl/N-ethyl adjacent to an activating group) is 1. The maximum Gasteiger partial charge on any atom is 0.118 e. The van der Waals surface area contributed by atoms with Gasteiger partial charge in [-0.1, -0.05) is 12.1 Å². The zero-order chi connectivity index (χ0) is 12.3. The molecular formula is C13H19NO3. The van der Waals surface area contributed by atoms with Crippen molar-refractivity contribution in [3.63, 3.8) is 0 Å². The number of aliphatic hydroxyl groups is 1. The van der Waals surface area contributed by atoms with Crippen LogP contribution in [-0.4, -0.2) is 49.5 Å². The topological polar surface area (TPSA) is 41.9 Å². The molecule has 94 valence electrons. The first-order chi connectivity index (χ1) is 8.20. The molecule has 1 N–H and O–H groups in total. The number of rotatable bonds is 4. The number of hydrogen-bond donors (Lipinski definition) is 1. The Kier molecular flexibility index (Phi) is 3.99. The van der Waals surface area contributed by atoms with Crippen LogP contribution in [-0.2, 0) is 11.3 Å². The van der Waals surface area contributed by atoms with Crippen molar-refractivity contribution in [1.29, 1.82) is 0 Å². The summed E-state index contributed by atoms with van der Waals surface area (Å²) in [5.74, 6) is 0.862. The molecule has 1 aromatic carbocycles. The predicted octanol–water partition coefficient (Wildman–Crippen LogP) is 0.887. The highest BCUT2D eigenvalue weighted by Crippen LogP contribution is 2.16. The van der Waals surface area contributed by atoms with Gasteiger partial charge in [0.2, 0.25) is 0 Å². The number of aliphatic hydroxyl groups excluding tert-OH is 1. The molecule has 0 spiro atoms. The summed E-state index contributed by atoms with van der Waals surface area (Å²) in [5, 5.41) is 9.73. The van der Waals surface area contributed by atoms with Crippen LogP contribution in [0, 0.1) is 0 Å². The Morgan fingerprint density at radius 2 is 2.06 bits per heavy atom. The van der Waals surface area contributed by atoms with Gasteiger partial charge in [0, 0.05) is 6.54 Å². The molecule has 17 heavy (non-hydrogen) atoms. The van der Waals surface area contributed by atoms with E-state index in [0.29, 0.717) is 13.2 Å². The lowest BCUT2D eigenvalue weighted by Crippen LogP contribution is -2.39. The monoisotopic (exact) mass is 237 g/mol. The van der Waals surface area contributed by atoms with Crippen molar-refractivity contribution in [3.8, 4) is 5.75 Å². The Hall–Kier alpha value is -1.10. The van der Waals surface area contributed by atoms with Crippen molar-refractivity contribution >= 4 is 0 Å². The summed E-state index contributed by atoms with van der Waals surface area (Å²) in [4.78, 5) is 2.12. The summed E-state index contributed by atoms with van der Waals surface area (Å²) in [6.45, 7) is 1.85. The molecule has 1 aliphatic rings.